The van der Waals surface area contributed by atoms with Crippen LogP contribution in [0.3, 0.4) is 0 Å². The van der Waals surface area contributed by atoms with Crippen LogP contribution >= 0.6 is 7.94 Å². The second-order valence-electron chi connectivity index (χ2n) is 2.39. The predicted molar refractivity (Wildman–Crippen MR) is 46.0 cm³/mol. The van der Waals surface area contributed by atoms with Gasteiger partial charge in [0.1, 0.15) is 6.29 Å². The van der Waals surface area contributed by atoms with Crippen LogP contribution in [-0.2, 0) is 0 Å². The zero-order valence-electron chi connectivity index (χ0n) is 7.85. The van der Waals surface area contributed by atoms with Gasteiger partial charge in [0.25, 0.3) is 0 Å². The van der Waals surface area contributed by atoms with E-state index in [9.17, 15) is 9.79 Å². The molecule has 0 heterocycles. The fourth-order valence-electron chi connectivity index (χ4n) is 0.808. The van der Waals surface area contributed by atoms with Crippen molar-refractivity contribution in [1.29, 1.82) is 0 Å². The van der Waals surface area contributed by atoms with Crippen molar-refractivity contribution in [3.05, 3.63) is 25.3 Å². The molecule has 0 aliphatic rings. The number of nitrogens with zero attached hydrogens (tertiary/aromatic N) is 1. The molecule has 1 N–H and O–H groups in total. The van der Waals surface area contributed by atoms with Gasteiger partial charge in [-0.3, -0.25) is 9.79 Å². The first-order valence-corrected chi connectivity index (χ1v) is 5.23. The van der Waals surface area contributed by atoms with E-state index in [0.717, 1.165) is 0 Å². The monoisotopic (exact) mass is 213 g/mol. The molecule has 0 spiro atoms. The first-order valence-electron chi connectivity index (χ1n) is 3.46. The van der Waals surface area contributed by atoms with Gasteiger partial charge in [-0.05, 0) is 0 Å². The summed E-state index contributed by atoms with van der Waals surface area (Å²) in [4.78, 5) is 31.0. The second kappa shape index (κ2) is 8.09. The molecule has 6 heteroatoms. The molecule has 0 saturated carbocycles. The van der Waals surface area contributed by atoms with Crippen molar-refractivity contribution < 1.29 is 44.2 Å². The van der Waals surface area contributed by atoms with E-state index in [1.165, 1.54) is 4.90 Å². The Morgan fingerprint density at radius 2 is 1.62 bits per heavy atom. The molecule has 70 valence electrons. The van der Waals surface area contributed by atoms with Crippen molar-refractivity contribution in [2.45, 2.75) is 0 Å². The molecule has 0 aromatic heterocycles. The fraction of sp³-hybridized carbons (Fsp3) is 0.429. The Morgan fingerprint density at radius 3 is 1.85 bits per heavy atom. The molecule has 0 radical (unpaired) electrons. The Morgan fingerprint density at radius 1 is 1.23 bits per heavy atom. The Kier molecular flexibility index (Phi) is 10.1. The summed E-state index contributed by atoms with van der Waals surface area (Å²) in [6.45, 7) is 7.76. The number of hydrogen-bond acceptors (Lipinski definition) is 4. The van der Waals surface area contributed by atoms with Crippen LogP contribution < -0.4 is 39.3 Å². The van der Waals surface area contributed by atoms with Crippen LogP contribution in [0, 0.1) is 0 Å². The van der Waals surface area contributed by atoms with Crippen molar-refractivity contribution in [2.24, 2.45) is 0 Å². The molecule has 4 nitrogen and oxygen atoms in total. The second-order valence-corrected chi connectivity index (χ2v) is 3.95. The van der Waals surface area contributed by atoms with E-state index in [1.807, 2.05) is 0 Å². The first kappa shape index (κ1) is 16.2. The Hall–Kier alpha value is 0.750. The molecule has 0 rings (SSSR count). The largest absolute Gasteiger partial charge is 1.00 e. The normalized spacial score (nSPS) is 10.8. The minimum Gasteiger partial charge on any atom is -0.659 e. The van der Waals surface area contributed by atoms with Gasteiger partial charge in [0.05, 0.1) is 7.94 Å². The maximum atomic E-state index is 10.5. The summed E-state index contributed by atoms with van der Waals surface area (Å²) in [5, 5.41) is 0. The maximum absolute atomic E-state index is 10.5. The van der Waals surface area contributed by atoms with Crippen LogP contribution in [0.2, 0.25) is 0 Å². The van der Waals surface area contributed by atoms with Crippen molar-refractivity contribution >= 4 is 7.94 Å². The molecule has 0 unspecified atom stereocenters. The Bertz CT molecular complexity index is 150. The van der Waals surface area contributed by atoms with Crippen molar-refractivity contribution in [2.75, 3.05) is 19.4 Å². The van der Waals surface area contributed by atoms with E-state index >= 15 is 0 Å². The first-order chi connectivity index (χ1) is 5.49. The van der Waals surface area contributed by atoms with E-state index in [1.54, 1.807) is 12.2 Å². The molecular weight excluding hydrogens is 200 g/mol. The SMILES string of the molecule is C=CCN(CC=C)C[P+]([O-])([O-])O.[Na+]. The van der Waals surface area contributed by atoms with Crippen molar-refractivity contribution in [3.8, 4) is 0 Å². The zero-order chi connectivity index (χ0) is 9.61. The zero-order valence-corrected chi connectivity index (χ0v) is 10.7. The Balaban J connectivity index is 0. The smallest absolute Gasteiger partial charge is 0.659 e. The summed E-state index contributed by atoms with van der Waals surface area (Å²) in [7, 11) is -4.20. The van der Waals surface area contributed by atoms with Gasteiger partial charge in [-0.15, -0.1) is 13.2 Å². The molecule has 0 atom stereocenters. The average molecular weight is 213 g/mol. The van der Waals surface area contributed by atoms with Gasteiger partial charge in [-0.25, -0.2) is 0 Å². The molecule has 0 aliphatic heterocycles. The third kappa shape index (κ3) is 10.7. The molecule has 0 aromatic rings. The maximum Gasteiger partial charge on any atom is 1.00 e. The van der Waals surface area contributed by atoms with Gasteiger partial charge in [0.15, 0.2) is 0 Å². The number of hydrogen-bond donors (Lipinski definition) is 1. The summed E-state index contributed by atoms with van der Waals surface area (Å²) >= 11 is 0. The minimum absolute atomic E-state index is 0. The molecular formula is C7H13NNaO3P. The minimum atomic E-state index is -4.20. The van der Waals surface area contributed by atoms with Crippen molar-refractivity contribution in [1.82, 2.24) is 4.90 Å². The van der Waals surface area contributed by atoms with Crippen LogP contribution in [0.5, 0.6) is 0 Å². The third-order valence-electron chi connectivity index (χ3n) is 1.15. The van der Waals surface area contributed by atoms with Crippen LogP contribution in [0.4, 0.5) is 0 Å². The summed E-state index contributed by atoms with van der Waals surface area (Å²) in [5.74, 6) is 0. The van der Waals surface area contributed by atoms with E-state index in [-0.39, 0.29) is 35.8 Å². The summed E-state index contributed by atoms with van der Waals surface area (Å²) < 4.78 is 0. The van der Waals surface area contributed by atoms with Gasteiger partial charge in [-0.1, -0.05) is 12.2 Å². The van der Waals surface area contributed by atoms with E-state index in [2.05, 4.69) is 13.2 Å². The standard InChI is InChI=1S/C7H14NO3P.Na/c1-3-5-8(6-4-2)7-12(9,10)11;/h3-4H,1-2,5-7H2,(H2,9,10,11);/q;+1/p-1. The molecule has 0 amide bonds. The molecule has 13 heavy (non-hydrogen) atoms. The Labute approximate surface area is 101 Å². The summed E-state index contributed by atoms with van der Waals surface area (Å²) in [6.07, 6.45) is 2.78. The molecule has 0 fully saturated rings. The average Bonchev–Trinajstić information content (AvgIpc) is 1.84. The van der Waals surface area contributed by atoms with Crippen molar-refractivity contribution in [3.63, 3.8) is 0 Å². The van der Waals surface area contributed by atoms with Gasteiger partial charge >= 0.3 is 29.6 Å². The summed E-state index contributed by atoms with van der Waals surface area (Å²) in [5.41, 5.74) is 0. The van der Waals surface area contributed by atoms with Crippen LogP contribution in [0.15, 0.2) is 25.3 Å². The topological polar surface area (TPSA) is 69.6 Å². The predicted octanol–water partition coefficient (Wildman–Crippen LogP) is -3.90. The fourth-order valence-corrected chi connectivity index (χ4v) is 1.54. The van der Waals surface area contributed by atoms with Gasteiger partial charge in [0, 0.05) is 13.1 Å². The van der Waals surface area contributed by atoms with Crippen LogP contribution in [-0.4, -0.2) is 29.2 Å². The molecule has 0 saturated heterocycles. The molecule has 0 aromatic carbocycles. The third-order valence-corrected chi connectivity index (χ3v) is 1.91. The molecule has 0 aliphatic carbocycles. The number of rotatable bonds is 6. The van der Waals surface area contributed by atoms with Crippen LogP contribution in [0.25, 0.3) is 0 Å². The van der Waals surface area contributed by atoms with E-state index in [0.29, 0.717) is 13.1 Å². The quantitative estimate of drug-likeness (QED) is 0.278. The van der Waals surface area contributed by atoms with Gasteiger partial charge in [0.2, 0.25) is 0 Å². The van der Waals surface area contributed by atoms with E-state index < -0.39 is 7.94 Å². The van der Waals surface area contributed by atoms with Gasteiger partial charge < -0.3 is 9.79 Å². The summed E-state index contributed by atoms with van der Waals surface area (Å²) in [6, 6.07) is 0. The van der Waals surface area contributed by atoms with Crippen LogP contribution in [0.1, 0.15) is 0 Å². The molecule has 0 bridgehead atoms. The van der Waals surface area contributed by atoms with Gasteiger partial charge in [-0.2, -0.15) is 0 Å². The van der Waals surface area contributed by atoms with E-state index in [4.69, 9.17) is 4.89 Å².